The van der Waals surface area contributed by atoms with Gasteiger partial charge in [-0.3, -0.25) is 14.5 Å². The van der Waals surface area contributed by atoms with Crippen molar-refractivity contribution in [3.8, 4) is 0 Å². The summed E-state index contributed by atoms with van der Waals surface area (Å²) in [6.07, 6.45) is -2.01. The highest BCUT2D eigenvalue weighted by Gasteiger charge is 2.57. The first kappa shape index (κ1) is 25.6. The molecule has 3 aliphatic rings. The number of nitrogens with zero attached hydrogens (tertiary/aromatic N) is 1. The SMILES string of the molecule is C=CCO[C@@H]1OC2COC(c3ccccc3)O[C@H]2[C@H](OCc2ccccc2)C1N1C(=O)c2ccccc2C1=O. The summed E-state index contributed by atoms with van der Waals surface area (Å²) in [6.45, 7) is 4.35. The highest BCUT2D eigenvalue weighted by atomic mass is 16.7. The van der Waals surface area contributed by atoms with Crippen LogP contribution in [0.1, 0.15) is 38.1 Å². The molecule has 0 aromatic heterocycles. The van der Waals surface area contributed by atoms with Gasteiger partial charge in [-0.1, -0.05) is 78.9 Å². The Labute approximate surface area is 226 Å². The summed E-state index contributed by atoms with van der Waals surface area (Å²) < 4.78 is 31.4. The first-order chi connectivity index (χ1) is 19.2. The summed E-state index contributed by atoms with van der Waals surface area (Å²) in [7, 11) is 0. The Bertz CT molecular complexity index is 1300. The van der Waals surface area contributed by atoms with Gasteiger partial charge in [0.1, 0.15) is 24.4 Å². The van der Waals surface area contributed by atoms with Crippen molar-refractivity contribution in [3.63, 3.8) is 0 Å². The zero-order valence-electron chi connectivity index (χ0n) is 21.3. The maximum absolute atomic E-state index is 13.6. The van der Waals surface area contributed by atoms with E-state index >= 15 is 0 Å². The van der Waals surface area contributed by atoms with E-state index in [9.17, 15) is 9.59 Å². The Balaban J connectivity index is 1.38. The van der Waals surface area contributed by atoms with Gasteiger partial charge in [0.25, 0.3) is 11.8 Å². The highest BCUT2D eigenvalue weighted by Crippen LogP contribution is 2.39. The molecule has 3 unspecified atom stereocenters. The van der Waals surface area contributed by atoms with Crippen molar-refractivity contribution < 1.29 is 33.3 Å². The third-order valence-electron chi connectivity index (χ3n) is 7.17. The number of hydrogen-bond donors (Lipinski definition) is 0. The molecule has 0 N–H and O–H groups in total. The van der Waals surface area contributed by atoms with Crippen molar-refractivity contribution in [2.45, 2.75) is 43.5 Å². The highest BCUT2D eigenvalue weighted by molar-refractivity contribution is 6.21. The van der Waals surface area contributed by atoms with Crippen molar-refractivity contribution in [1.29, 1.82) is 0 Å². The molecule has 3 aliphatic heterocycles. The lowest BCUT2D eigenvalue weighted by molar-refractivity contribution is -0.353. The van der Waals surface area contributed by atoms with Gasteiger partial charge >= 0.3 is 0 Å². The van der Waals surface area contributed by atoms with Gasteiger partial charge < -0.3 is 23.7 Å². The molecule has 0 bridgehead atoms. The average molecular weight is 528 g/mol. The summed E-state index contributed by atoms with van der Waals surface area (Å²) in [6, 6.07) is 25.2. The molecular formula is C31H29NO7. The lowest BCUT2D eigenvalue weighted by Crippen LogP contribution is -2.68. The van der Waals surface area contributed by atoms with Crippen LogP contribution in [0.15, 0.2) is 97.6 Å². The molecule has 3 aromatic carbocycles. The second-order valence-electron chi connectivity index (χ2n) is 9.62. The van der Waals surface area contributed by atoms with Crippen LogP contribution in [0.2, 0.25) is 0 Å². The maximum atomic E-state index is 13.6. The molecule has 3 aromatic rings. The molecule has 6 atom stereocenters. The number of amides is 2. The first-order valence-corrected chi connectivity index (χ1v) is 13.0. The molecule has 0 saturated carbocycles. The molecule has 6 rings (SSSR count). The molecular weight excluding hydrogens is 498 g/mol. The summed E-state index contributed by atoms with van der Waals surface area (Å²) in [5.74, 6) is -0.843. The molecule has 8 nitrogen and oxygen atoms in total. The van der Waals surface area contributed by atoms with E-state index in [0.717, 1.165) is 11.1 Å². The molecule has 2 saturated heterocycles. The Morgan fingerprint density at radius 1 is 0.846 bits per heavy atom. The fourth-order valence-electron chi connectivity index (χ4n) is 5.35. The Kier molecular flexibility index (Phi) is 7.36. The average Bonchev–Trinajstić information content (AvgIpc) is 3.24. The number of carbonyl (C=O) groups excluding carboxylic acids is 2. The number of benzene rings is 3. The van der Waals surface area contributed by atoms with Crippen LogP contribution in [0.25, 0.3) is 0 Å². The van der Waals surface area contributed by atoms with Crippen molar-refractivity contribution in [3.05, 3.63) is 120 Å². The summed E-state index contributed by atoms with van der Waals surface area (Å²) in [4.78, 5) is 28.5. The topological polar surface area (TPSA) is 83.5 Å². The molecule has 2 fully saturated rings. The zero-order chi connectivity index (χ0) is 26.8. The van der Waals surface area contributed by atoms with E-state index in [1.165, 1.54) is 4.90 Å². The van der Waals surface area contributed by atoms with Gasteiger partial charge in [0.2, 0.25) is 0 Å². The van der Waals surface area contributed by atoms with Crippen LogP contribution in [0, 0.1) is 0 Å². The monoisotopic (exact) mass is 527 g/mol. The third-order valence-corrected chi connectivity index (χ3v) is 7.17. The second-order valence-corrected chi connectivity index (χ2v) is 9.62. The smallest absolute Gasteiger partial charge is 0.262 e. The maximum Gasteiger partial charge on any atom is 0.262 e. The largest absolute Gasteiger partial charge is 0.368 e. The van der Waals surface area contributed by atoms with Crippen molar-refractivity contribution in [2.75, 3.05) is 13.2 Å². The van der Waals surface area contributed by atoms with Crippen LogP contribution in [0.5, 0.6) is 0 Å². The van der Waals surface area contributed by atoms with Gasteiger partial charge in [-0.05, 0) is 17.7 Å². The van der Waals surface area contributed by atoms with Crippen LogP contribution in [-0.2, 0) is 30.3 Å². The minimum absolute atomic E-state index is 0.154. The third kappa shape index (κ3) is 4.93. The summed E-state index contributed by atoms with van der Waals surface area (Å²) >= 11 is 0. The number of imide groups is 1. The molecule has 8 heteroatoms. The fraction of sp³-hybridized carbons (Fsp3) is 0.290. The molecule has 0 aliphatic carbocycles. The fourth-order valence-corrected chi connectivity index (χ4v) is 5.35. The Morgan fingerprint density at radius 2 is 1.49 bits per heavy atom. The van der Waals surface area contributed by atoms with Crippen LogP contribution < -0.4 is 0 Å². The predicted molar refractivity (Wildman–Crippen MR) is 141 cm³/mol. The van der Waals surface area contributed by atoms with Gasteiger partial charge in [0, 0.05) is 5.56 Å². The quantitative estimate of drug-likeness (QED) is 0.319. The van der Waals surface area contributed by atoms with Crippen LogP contribution >= 0.6 is 0 Å². The van der Waals surface area contributed by atoms with Crippen LogP contribution in [-0.4, -0.2) is 60.6 Å². The molecule has 2 amide bonds. The van der Waals surface area contributed by atoms with Gasteiger partial charge in [-0.25, -0.2) is 0 Å². The molecule has 200 valence electrons. The number of rotatable bonds is 8. The number of hydrogen-bond acceptors (Lipinski definition) is 7. The number of ether oxygens (including phenoxy) is 5. The van der Waals surface area contributed by atoms with Gasteiger partial charge in [0.05, 0.1) is 30.9 Å². The van der Waals surface area contributed by atoms with Crippen molar-refractivity contribution in [2.24, 2.45) is 0 Å². The number of fused-ring (bicyclic) bond motifs is 2. The first-order valence-electron chi connectivity index (χ1n) is 13.0. The van der Waals surface area contributed by atoms with E-state index in [1.807, 2.05) is 60.7 Å². The molecule has 3 heterocycles. The van der Waals surface area contributed by atoms with Gasteiger partial charge in [0.15, 0.2) is 12.6 Å². The minimum Gasteiger partial charge on any atom is -0.368 e. The standard InChI is InChI=1S/C31H29NO7/c1-2-17-35-31-25(32-28(33)22-15-9-10-16-23(22)29(32)34)27(36-18-20-11-5-3-6-12-20)26-24(38-31)19-37-30(39-26)21-13-7-4-8-14-21/h2-16,24-27,30-31H,1,17-19H2/t24?,25?,26-,27-,30?,31-/m1/s1. The normalized spacial score (nSPS) is 28.2. The Hall–Kier alpha value is -3.66. The van der Waals surface area contributed by atoms with E-state index in [0.29, 0.717) is 11.1 Å². The van der Waals surface area contributed by atoms with Crippen LogP contribution in [0.3, 0.4) is 0 Å². The van der Waals surface area contributed by atoms with Gasteiger partial charge in [-0.15, -0.1) is 6.58 Å². The summed E-state index contributed by atoms with van der Waals surface area (Å²) in [5.41, 5.74) is 2.46. The van der Waals surface area contributed by atoms with Crippen molar-refractivity contribution >= 4 is 11.8 Å². The second kappa shape index (κ2) is 11.2. The molecule has 0 radical (unpaired) electrons. The lowest BCUT2D eigenvalue weighted by atomic mass is 9.94. The van der Waals surface area contributed by atoms with Gasteiger partial charge in [-0.2, -0.15) is 0 Å². The van der Waals surface area contributed by atoms with E-state index < -0.39 is 48.7 Å². The van der Waals surface area contributed by atoms with E-state index in [-0.39, 0.29) is 19.8 Å². The minimum atomic E-state index is -0.979. The molecule has 0 spiro atoms. The van der Waals surface area contributed by atoms with E-state index in [4.69, 9.17) is 23.7 Å². The Morgan fingerprint density at radius 3 is 2.15 bits per heavy atom. The predicted octanol–water partition coefficient (Wildman–Crippen LogP) is 4.28. The van der Waals surface area contributed by atoms with Crippen LogP contribution in [0.4, 0.5) is 0 Å². The lowest BCUT2D eigenvalue weighted by Gasteiger charge is -2.50. The van der Waals surface area contributed by atoms with E-state index in [2.05, 4.69) is 6.58 Å². The molecule has 39 heavy (non-hydrogen) atoms. The van der Waals surface area contributed by atoms with E-state index in [1.54, 1.807) is 30.3 Å². The summed E-state index contributed by atoms with van der Waals surface area (Å²) in [5, 5.41) is 0. The van der Waals surface area contributed by atoms with Crippen molar-refractivity contribution in [1.82, 2.24) is 4.90 Å². The number of carbonyl (C=O) groups is 2. The zero-order valence-corrected chi connectivity index (χ0v) is 21.3.